The van der Waals surface area contributed by atoms with Crippen LogP contribution in [0.3, 0.4) is 0 Å². The normalized spacial score (nSPS) is 19.2. The summed E-state index contributed by atoms with van der Waals surface area (Å²) in [7, 11) is 0. The van der Waals surface area contributed by atoms with Crippen LogP contribution in [0.25, 0.3) is 0 Å². The highest BCUT2D eigenvalue weighted by Crippen LogP contribution is 2.45. The second-order valence-electron chi connectivity index (χ2n) is 6.02. The lowest BCUT2D eigenvalue weighted by molar-refractivity contribution is -0.0905. The third-order valence-corrected chi connectivity index (χ3v) is 6.80. The van der Waals surface area contributed by atoms with Crippen LogP contribution in [0, 0.1) is 0 Å². The summed E-state index contributed by atoms with van der Waals surface area (Å²) in [6.07, 6.45) is 3.75. The number of amides is 1. The number of thiophene rings is 1. The van der Waals surface area contributed by atoms with Crippen molar-refractivity contribution in [2.24, 2.45) is 0 Å². The molecule has 4 heterocycles. The lowest BCUT2D eigenvalue weighted by Gasteiger charge is -2.43. The van der Waals surface area contributed by atoms with Gasteiger partial charge in [-0.3, -0.25) is 9.78 Å². The second-order valence-corrected chi connectivity index (χ2v) is 7.96. The Morgan fingerprint density at radius 2 is 2.08 bits per heavy atom. The van der Waals surface area contributed by atoms with E-state index < -0.39 is 11.6 Å². The van der Waals surface area contributed by atoms with Gasteiger partial charge in [0.2, 0.25) is 0 Å². The monoisotopic (exact) mass is 364 g/mol. The summed E-state index contributed by atoms with van der Waals surface area (Å²) < 4.78 is 6.11. The highest BCUT2D eigenvalue weighted by molar-refractivity contribution is 7.14. The van der Waals surface area contributed by atoms with Crippen molar-refractivity contribution in [2.75, 3.05) is 19.7 Å². The molecule has 2 aliphatic rings. The quantitative estimate of drug-likeness (QED) is 0.886. The molecule has 0 radical (unpaired) electrons. The number of hydrogen-bond donors (Lipinski definition) is 1. The van der Waals surface area contributed by atoms with Gasteiger partial charge in [0.1, 0.15) is 15.4 Å². The molecule has 0 aliphatic carbocycles. The first kappa shape index (κ1) is 15.7. The van der Waals surface area contributed by atoms with Crippen molar-refractivity contribution in [3.63, 3.8) is 0 Å². The Kier molecular flexibility index (Phi) is 3.90. The van der Waals surface area contributed by atoms with E-state index in [1.807, 2.05) is 4.90 Å². The van der Waals surface area contributed by atoms with E-state index in [-0.39, 0.29) is 5.91 Å². The number of hydrogen-bond acceptors (Lipinski definition) is 6. The van der Waals surface area contributed by atoms with Crippen molar-refractivity contribution in [1.29, 1.82) is 0 Å². The molecular weight excluding hydrogens is 348 g/mol. The maximum atomic E-state index is 12.5. The molecule has 0 bridgehead atoms. The number of likely N-dealkylation sites (tertiary alicyclic amines) is 1. The van der Waals surface area contributed by atoms with E-state index in [4.69, 9.17) is 4.74 Å². The van der Waals surface area contributed by atoms with Crippen LogP contribution >= 0.6 is 22.7 Å². The summed E-state index contributed by atoms with van der Waals surface area (Å²) in [4.78, 5) is 31.6. The molecule has 1 fully saturated rings. The fourth-order valence-corrected chi connectivity index (χ4v) is 5.28. The Hall–Kier alpha value is -1.77. The Morgan fingerprint density at radius 1 is 1.29 bits per heavy atom. The zero-order valence-electron chi connectivity index (χ0n) is 12.9. The van der Waals surface area contributed by atoms with Crippen molar-refractivity contribution in [3.05, 3.63) is 38.0 Å². The molecule has 1 N–H and O–H groups in total. The molecule has 1 saturated heterocycles. The number of carbonyl (C=O) groups excluding carboxylic acids is 1. The molecule has 8 heteroatoms. The number of ether oxygens (including phenoxy) is 1. The van der Waals surface area contributed by atoms with Gasteiger partial charge in [-0.15, -0.1) is 22.7 Å². The molecule has 1 amide bonds. The van der Waals surface area contributed by atoms with E-state index in [1.54, 1.807) is 17.8 Å². The Labute approximate surface area is 146 Å². The van der Waals surface area contributed by atoms with Crippen LogP contribution in [0.2, 0.25) is 0 Å². The zero-order valence-corrected chi connectivity index (χ0v) is 14.5. The first-order valence-corrected chi connectivity index (χ1v) is 9.47. The Morgan fingerprint density at radius 3 is 2.75 bits per heavy atom. The number of rotatable bonds is 2. The predicted octanol–water partition coefficient (Wildman–Crippen LogP) is 2.61. The molecule has 6 nitrogen and oxygen atoms in total. The average Bonchev–Trinajstić information content (AvgIpc) is 3.25. The number of thiazole rings is 1. The van der Waals surface area contributed by atoms with Crippen LogP contribution in [0.15, 0.2) is 17.8 Å². The molecule has 2 aliphatic heterocycles. The van der Waals surface area contributed by atoms with Crippen molar-refractivity contribution in [1.82, 2.24) is 9.88 Å². The zero-order chi connectivity index (χ0) is 16.7. The molecule has 24 heavy (non-hydrogen) atoms. The standard InChI is InChI=1S/C16H16N2O4S2/c19-14(12-8-17-9-23-12)18-4-2-16(3-5-18)13-10(1-6-22-16)7-11(24-13)15(20)21/h7-9H,1-6H2,(H,20,21). The molecule has 2 aromatic rings. The first-order chi connectivity index (χ1) is 11.6. The molecular formula is C16H16N2O4S2. The molecule has 4 rings (SSSR count). The SMILES string of the molecule is O=C(O)c1cc2c(s1)C1(CCN(C(=O)c3cncs3)CC1)OCC2. The molecule has 0 aromatic carbocycles. The maximum absolute atomic E-state index is 12.5. The molecule has 2 aromatic heterocycles. The largest absolute Gasteiger partial charge is 0.477 e. The summed E-state index contributed by atoms with van der Waals surface area (Å²) in [6, 6.07) is 1.78. The molecule has 0 unspecified atom stereocenters. The minimum atomic E-state index is -0.887. The minimum absolute atomic E-state index is 0.0146. The molecule has 126 valence electrons. The van der Waals surface area contributed by atoms with Crippen molar-refractivity contribution in [3.8, 4) is 0 Å². The van der Waals surface area contributed by atoms with Gasteiger partial charge in [-0.1, -0.05) is 0 Å². The molecule has 0 atom stereocenters. The number of carboxylic acid groups (broad SMARTS) is 1. The summed E-state index contributed by atoms with van der Waals surface area (Å²) in [5.74, 6) is -0.872. The van der Waals surface area contributed by atoms with E-state index in [0.717, 1.165) is 16.9 Å². The van der Waals surface area contributed by atoms with E-state index in [2.05, 4.69) is 4.98 Å². The summed E-state index contributed by atoms with van der Waals surface area (Å²) in [6.45, 7) is 1.82. The third kappa shape index (κ3) is 2.54. The van der Waals surface area contributed by atoms with Gasteiger partial charge < -0.3 is 14.7 Å². The van der Waals surface area contributed by atoms with Crippen LogP contribution < -0.4 is 0 Å². The smallest absolute Gasteiger partial charge is 0.345 e. The second kappa shape index (κ2) is 5.94. The van der Waals surface area contributed by atoms with Crippen molar-refractivity contribution < 1.29 is 19.4 Å². The topological polar surface area (TPSA) is 79.7 Å². The number of piperidine rings is 1. The number of aromatic carboxylic acids is 1. The van der Waals surface area contributed by atoms with Gasteiger partial charge in [0.15, 0.2) is 0 Å². The number of carboxylic acids is 1. The first-order valence-electron chi connectivity index (χ1n) is 7.77. The molecule has 0 saturated carbocycles. The summed E-state index contributed by atoms with van der Waals surface area (Å²) >= 11 is 2.67. The fourth-order valence-electron chi connectivity index (χ4n) is 3.45. The van der Waals surface area contributed by atoms with Crippen molar-refractivity contribution in [2.45, 2.75) is 24.9 Å². The van der Waals surface area contributed by atoms with E-state index >= 15 is 0 Å². The van der Waals surface area contributed by atoms with E-state index in [1.165, 1.54) is 22.7 Å². The van der Waals surface area contributed by atoms with Gasteiger partial charge in [-0.25, -0.2) is 4.79 Å². The van der Waals surface area contributed by atoms with Gasteiger partial charge in [-0.05, 0) is 30.9 Å². The summed E-state index contributed by atoms with van der Waals surface area (Å²) in [5, 5.41) is 9.25. The van der Waals surface area contributed by atoms with Gasteiger partial charge >= 0.3 is 5.97 Å². The highest BCUT2D eigenvalue weighted by Gasteiger charge is 2.43. The van der Waals surface area contributed by atoms with E-state index in [0.29, 0.717) is 42.3 Å². The van der Waals surface area contributed by atoms with Gasteiger partial charge in [-0.2, -0.15) is 0 Å². The highest BCUT2D eigenvalue weighted by atomic mass is 32.1. The lowest BCUT2D eigenvalue weighted by Crippen LogP contribution is -2.47. The van der Waals surface area contributed by atoms with Gasteiger partial charge in [0.05, 0.1) is 18.3 Å². The van der Waals surface area contributed by atoms with E-state index in [9.17, 15) is 14.7 Å². The third-order valence-electron chi connectivity index (χ3n) is 4.68. The van der Waals surface area contributed by atoms with Crippen LogP contribution in [0.1, 0.15) is 42.6 Å². The van der Waals surface area contributed by atoms with Crippen molar-refractivity contribution >= 4 is 34.6 Å². The number of fused-ring (bicyclic) bond motifs is 2. The molecule has 1 spiro atoms. The number of carbonyl (C=O) groups is 2. The van der Waals surface area contributed by atoms with Gasteiger partial charge in [0.25, 0.3) is 5.91 Å². The lowest BCUT2D eigenvalue weighted by atomic mass is 9.85. The minimum Gasteiger partial charge on any atom is -0.477 e. The fraction of sp³-hybridized carbons (Fsp3) is 0.438. The predicted molar refractivity (Wildman–Crippen MR) is 89.9 cm³/mol. The number of nitrogens with zero attached hydrogens (tertiary/aromatic N) is 2. The maximum Gasteiger partial charge on any atom is 0.345 e. The van der Waals surface area contributed by atoms with Gasteiger partial charge in [0, 0.05) is 18.0 Å². The number of aromatic nitrogens is 1. The summed E-state index contributed by atoms with van der Waals surface area (Å²) in [5.41, 5.74) is 2.32. The Bertz CT molecular complexity index is 776. The Balaban J connectivity index is 1.55. The van der Waals surface area contributed by atoms with Crippen LogP contribution in [0.5, 0.6) is 0 Å². The van der Waals surface area contributed by atoms with Crippen LogP contribution in [-0.4, -0.2) is 46.6 Å². The average molecular weight is 364 g/mol. The van der Waals surface area contributed by atoms with Crippen LogP contribution in [-0.2, 0) is 16.8 Å². The van der Waals surface area contributed by atoms with Crippen LogP contribution in [0.4, 0.5) is 0 Å².